The number of halogens is 1. The third-order valence-corrected chi connectivity index (χ3v) is 6.64. The summed E-state index contributed by atoms with van der Waals surface area (Å²) in [6, 6.07) is 6.10. The number of fused-ring (bicyclic) bond motifs is 1. The average molecular weight is 452 g/mol. The van der Waals surface area contributed by atoms with Crippen molar-refractivity contribution in [3.63, 3.8) is 0 Å². The molecule has 0 saturated heterocycles. The fraction of sp³-hybridized carbons (Fsp3) is 0.400. The van der Waals surface area contributed by atoms with Crippen molar-refractivity contribution in [1.29, 1.82) is 0 Å². The molecule has 174 valence electrons. The molecule has 0 radical (unpaired) electrons. The lowest BCUT2D eigenvalue weighted by molar-refractivity contribution is 0.232. The molecule has 4 rings (SSSR count). The predicted octanol–water partition coefficient (Wildman–Crippen LogP) is 4.79. The van der Waals surface area contributed by atoms with E-state index in [0.717, 1.165) is 30.2 Å². The van der Waals surface area contributed by atoms with Gasteiger partial charge in [-0.15, -0.1) is 0 Å². The summed E-state index contributed by atoms with van der Waals surface area (Å²) in [5.41, 5.74) is 2.17. The highest BCUT2D eigenvalue weighted by Gasteiger charge is 2.23. The Bertz CT molecular complexity index is 1270. The minimum absolute atomic E-state index is 0.0439. The topological polar surface area (TPSA) is 88.1 Å². The molecule has 3 aromatic rings. The molecular formula is C25H30FN5O2. The predicted molar refractivity (Wildman–Crippen MR) is 130 cm³/mol. The fourth-order valence-corrected chi connectivity index (χ4v) is 4.61. The quantitative estimate of drug-likeness (QED) is 0.532. The molecule has 1 saturated carbocycles. The number of carbonyl (C=O) groups is 1. The second kappa shape index (κ2) is 9.21. The third-order valence-electron chi connectivity index (χ3n) is 6.64. The van der Waals surface area contributed by atoms with E-state index < -0.39 is 11.8 Å². The number of carbonyl (C=O) groups excluding carboxylic acids is 1. The maximum Gasteiger partial charge on any atom is 0.319 e. The van der Waals surface area contributed by atoms with Gasteiger partial charge in [0, 0.05) is 43.4 Å². The van der Waals surface area contributed by atoms with Gasteiger partial charge in [-0.1, -0.05) is 19.8 Å². The normalized spacial score (nSPS) is 18.2. The first-order chi connectivity index (χ1) is 15.8. The van der Waals surface area contributed by atoms with Gasteiger partial charge in [0.05, 0.1) is 11.2 Å². The largest absolute Gasteiger partial charge is 0.373 e. The number of benzene rings is 1. The SMILES string of the molecule is CNc1cc2c(cn1)cc(-c1cc(NC(=O)NC3CCCCC3C)c(F)cc1C)c(=O)n2C. The molecule has 8 heteroatoms. The smallest absolute Gasteiger partial charge is 0.319 e. The van der Waals surface area contributed by atoms with Crippen molar-refractivity contribution in [2.24, 2.45) is 13.0 Å². The summed E-state index contributed by atoms with van der Waals surface area (Å²) in [7, 11) is 3.46. The van der Waals surface area contributed by atoms with E-state index in [1.165, 1.54) is 18.6 Å². The number of hydrogen-bond acceptors (Lipinski definition) is 4. The van der Waals surface area contributed by atoms with Crippen LogP contribution >= 0.6 is 0 Å². The number of nitrogens with zero attached hydrogens (tertiary/aromatic N) is 2. The van der Waals surface area contributed by atoms with Crippen molar-refractivity contribution in [3.05, 3.63) is 52.2 Å². The summed E-state index contributed by atoms with van der Waals surface area (Å²) in [6.07, 6.45) is 5.94. The van der Waals surface area contributed by atoms with Gasteiger partial charge in [0.2, 0.25) is 0 Å². The number of nitrogens with one attached hydrogen (secondary N) is 3. The van der Waals surface area contributed by atoms with Crippen molar-refractivity contribution in [2.45, 2.75) is 45.6 Å². The van der Waals surface area contributed by atoms with Crippen molar-refractivity contribution >= 4 is 28.4 Å². The highest BCUT2D eigenvalue weighted by molar-refractivity contribution is 5.91. The first-order valence-corrected chi connectivity index (χ1v) is 11.3. The number of hydrogen-bond donors (Lipinski definition) is 3. The zero-order valence-electron chi connectivity index (χ0n) is 19.5. The minimum Gasteiger partial charge on any atom is -0.373 e. The number of anilines is 2. The van der Waals surface area contributed by atoms with Crippen molar-refractivity contribution in [2.75, 3.05) is 17.7 Å². The highest BCUT2D eigenvalue weighted by Crippen LogP contribution is 2.29. The van der Waals surface area contributed by atoms with Crippen LogP contribution in [-0.4, -0.2) is 28.7 Å². The second-order valence-electron chi connectivity index (χ2n) is 8.91. The average Bonchev–Trinajstić information content (AvgIpc) is 2.79. The van der Waals surface area contributed by atoms with E-state index in [9.17, 15) is 14.0 Å². The molecule has 2 aromatic heterocycles. The Morgan fingerprint density at radius 1 is 1.15 bits per heavy atom. The fourth-order valence-electron chi connectivity index (χ4n) is 4.61. The lowest BCUT2D eigenvalue weighted by atomic mass is 9.86. The molecular weight excluding hydrogens is 421 g/mol. The number of pyridine rings is 2. The van der Waals surface area contributed by atoms with E-state index in [1.54, 1.807) is 37.8 Å². The first kappa shape index (κ1) is 22.8. The molecule has 2 unspecified atom stereocenters. The molecule has 0 spiro atoms. The maximum atomic E-state index is 14.7. The lowest BCUT2D eigenvalue weighted by Gasteiger charge is -2.29. The summed E-state index contributed by atoms with van der Waals surface area (Å²) in [5, 5.41) is 9.38. The monoisotopic (exact) mass is 451 g/mol. The zero-order valence-corrected chi connectivity index (χ0v) is 19.5. The van der Waals surface area contributed by atoms with E-state index in [-0.39, 0.29) is 17.3 Å². The Balaban J connectivity index is 1.68. The molecule has 1 aliphatic carbocycles. The van der Waals surface area contributed by atoms with E-state index in [2.05, 4.69) is 27.9 Å². The number of urea groups is 1. The van der Waals surface area contributed by atoms with Crippen LogP contribution in [0.3, 0.4) is 0 Å². The first-order valence-electron chi connectivity index (χ1n) is 11.3. The summed E-state index contributed by atoms with van der Waals surface area (Å²) < 4.78 is 16.3. The molecule has 7 nitrogen and oxygen atoms in total. The molecule has 1 fully saturated rings. The Morgan fingerprint density at radius 2 is 1.91 bits per heavy atom. The highest BCUT2D eigenvalue weighted by atomic mass is 19.1. The Morgan fingerprint density at radius 3 is 2.64 bits per heavy atom. The minimum atomic E-state index is -0.541. The van der Waals surface area contributed by atoms with Crippen LogP contribution in [0.25, 0.3) is 22.0 Å². The molecule has 2 amide bonds. The van der Waals surface area contributed by atoms with Gasteiger partial charge >= 0.3 is 6.03 Å². The van der Waals surface area contributed by atoms with Gasteiger partial charge in [-0.25, -0.2) is 14.2 Å². The maximum absolute atomic E-state index is 14.7. The molecule has 3 N–H and O–H groups in total. The third kappa shape index (κ3) is 4.55. The molecule has 2 heterocycles. The van der Waals surface area contributed by atoms with Crippen LogP contribution in [0.2, 0.25) is 0 Å². The van der Waals surface area contributed by atoms with Crippen LogP contribution < -0.4 is 21.5 Å². The van der Waals surface area contributed by atoms with Crippen LogP contribution in [-0.2, 0) is 7.05 Å². The van der Waals surface area contributed by atoms with E-state index >= 15 is 0 Å². The van der Waals surface area contributed by atoms with Gasteiger partial charge in [0.25, 0.3) is 5.56 Å². The molecule has 2 atom stereocenters. The summed E-state index contributed by atoms with van der Waals surface area (Å²) in [5.74, 6) is 0.509. The van der Waals surface area contributed by atoms with Gasteiger partial charge < -0.3 is 20.5 Å². The Labute approximate surface area is 192 Å². The molecule has 33 heavy (non-hydrogen) atoms. The van der Waals surface area contributed by atoms with Gasteiger partial charge in [0.1, 0.15) is 11.6 Å². The molecule has 1 aromatic carbocycles. The summed E-state index contributed by atoms with van der Waals surface area (Å²) >= 11 is 0. The summed E-state index contributed by atoms with van der Waals surface area (Å²) in [4.78, 5) is 30.1. The van der Waals surface area contributed by atoms with Gasteiger partial charge in [-0.05, 0) is 55.0 Å². The van der Waals surface area contributed by atoms with E-state index in [0.29, 0.717) is 28.4 Å². The molecule has 0 bridgehead atoms. The Kier molecular flexibility index (Phi) is 6.35. The van der Waals surface area contributed by atoms with Gasteiger partial charge in [-0.2, -0.15) is 0 Å². The second-order valence-corrected chi connectivity index (χ2v) is 8.91. The van der Waals surface area contributed by atoms with E-state index in [1.807, 2.05) is 6.07 Å². The van der Waals surface area contributed by atoms with Crippen LogP contribution in [0.1, 0.15) is 38.2 Å². The van der Waals surface area contributed by atoms with Crippen molar-refractivity contribution in [3.8, 4) is 11.1 Å². The number of rotatable bonds is 4. The molecule has 1 aliphatic rings. The summed E-state index contributed by atoms with van der Waals surface area (Å²) in [6.45, 7) is 3.87. The lowest BCUT2D eigenvalue weighted by Crippen LogP contribution is -2.43. The Hall–Kier alpha value is -3.42. The number of aromatic nitrogens is 2. The number of amides is 2. The van der Waals surface area contributed by atoms with Crippen molar-refractivity contribution in [1.82, 2.24) is 14.9 Å². The van der Waals surface area contributed by atoms with Crippen LogP contribution in [0, 0.1) is 18.7 Å². The van der Waals surface area contributed by atoms with Gasteiger partial charge in [0.15, 0.2) is 0 Å². The molecule has 0 aliphatic heterocycles. The van der Waals surface area contributed by atoms with Crippen LogP contribution in [0.5, 0.6) is 0 Å². The standard InChI is InChI=1S/C25H30FN5O2/c1-14-7-5-6-8-20(14)29-25(33)30-21-11-17(15(2)9-19(21)26)18-10-16-13-28-23(27-3)12-22(16)31(4)24(18)32/h9-14,20H,5-8H2,1-4H3,(H,27,28)(H2,29,30,33). The van der Waals surface area contributed by atoms with E-state index in [4.69, 9.17) is 0 Å². The zero-order chi connectivity index (χ0) is 23.7. The van der Waals surface area contributed by atoms with Crippen LogP contribution in [0.15, 0.2) is 35.3 Å². The van der Waals surface area contributed by atoms with Crippen LogP contribution in [0.4, 0.5) is 20.7 Å². The number of aryl methyl sites for hydroxylation is 2. The van der Waals surface area contributed by atoms with Gasteiger partial charge in [-0.3, -0.25) is 4.79 Å². The van der Waals surface area contributed by atoms with Crippen molar-refractivity contribution < 1.29 is 9.18 Å².